The number of hydrogen-bond acceptors (Lipinski definition) is 7. The zero-order chi connectivity index (χ0) is 27.0. The van der Waals surface area contributed by atoms with Gasteiger partial charge in [-0.1, -0.05) is 32.0 Å². The van der Waals surface area contributed by atoms with E-state index in [4.69, 9.17) is 15.9 Å². The number of nitrogens with two attached hydrogens (primary N) is 1. The minimum Gasteiger partial charge on any atom is -0.481 e. The van der Waals surface area contributed by atoms with E-state index in [1.54, 1.807) is 26.1 Å². The highest BCUT2D eigenvalue weighted by molar-refractivity contribution is 5.95. The van der Waals surface area contributed by atoms with Crippen LogP contribution in [0.4, 0.5) is 0 Å². The highest BCUT2D eigenvalue weighted by atomic mass is 16.4. The number of aliphatic carboxylic acids is 2. The van der Waals surface area contributed by atoms with Crippen molar-refractivity contribution in [3.05, 3.63) is 36.0 Å². The van der Waals surface area contributed by atoms with Crippen LogP contribution in [0, 0.1) is 5.92 Å². The van der Waals surface area contributed by atoms with Gasteiger partial charge in [0.15, 0.2) is 0 Å². The lowest BCUT2D eigenvalue weighted by Crippen LogP contribution is -2.59. The molecular weight excluding hydrogens is 474 g/mol. The van der Waals surface area contributed by atoms with Gasteiger partial charge in [0.25, 0.3) is 0 Å². The van der Waals surface area contributed by atoms with Gasteiger partial charge in [0.05, 0.1) is 19.1 Å². The average molecular weight is 506 g/mol. The van der Waals surface area contributed by atoms with Crippen molar-refractivity contribution < 1.29 is 39.3 Å². The Morgan fingerprint density at radius 3 is 2.17 bits per heavy atom. The molecule has 4 unspecified atom stereocenters. The summed E-state index contributed by atoms with van der Waals surface area (Å²) in [6.45, 7) is 2.39. The second-order valence-corrected chi connectivity index (χ2v) is 8.64. The molecule has 13 heteroatoms. The summed E-state index contributed by atoms with van der Waals surface area (Å²) >= 11 is 0. The number of carboxylic acids is 2. The molecule has 0 aliphatic carbocycles. The topological polar surface area (TPSA) is 224 Å². The van der Waals surface area contributed by atoms with Crippen LogP contribution >= 0.6 is 0 Å². The van der Waals surface area contributed by atoms with Crippen LogP contribution in [-0.2, 0) is 30.4 Å². The first-order valence-corrected chi connectivity index (χ1v) is 11.2. The number of fused-ring (bicyclic) bond motifs is 1. The van der Waals surface area contributed by atoms with Crippen LogP contribution in [0.1, 0.15) is 25.8 Å². The van der Waals surface area contributed by atoms with Crippen molar-refractivity contribution in [3.63, 3.8) is 0 Å². The molecule has 1 aromatic carbocycles. The van der Waals surface area contributed by atoms with Gasteiger partial charge in [0.1, 0.15) is 18.1 Å². The molecule has 1 aromatic heterocycles. The van der Waals surface area contributed by atoms with E-state index in [9.17, 15) is 29.1 Å². The minimum absolute atomic E-state index is 0.0117. The summed E-state index contributed by atoms with van der Waals surface area (Å²) in [7, 11) is 0. The SMILES string of the molecule is CC(C)C(NC(=O)C(Cc1c[nH]c2ccccc12)NC(=O)C(N)CC(=O)O)C(=O)NC(CO)C(=O)O. The van der Waals surface area contributed by atoms with Gasteiger partial charge in [-0.25, -0.2) is 4.79 Å². The summed E-state index contributed by atoms with van der Waals surface area (Å²) in [5.74, 6) is -5.68. The molecule has 0 radical (unpaired) electrons. The van der Waals surface area contributed by atoms with Crippen molar-refractivity contribution in [3.8, 4) is 0 Å². The van der Waals surface area contributed by atoms with Gasteiger partial charge in [0.2, 0.25) is 17.7 Å². The van der Waals surface area contributed by atoms with Crippen molar-refractivity contribution in [2.24, 2.45) is 11.7 Å². The van der Waals surface area contributed by atoms with Crippen molar-refractivity contribution in [1.82, 2.24) is 20.9 Å². The Balaban J connectivity index is 2.28. The average Bonchev–Trinajstić information content (AvgIpc) is 3.22. The lowest BCUT2D eigenvalue weighted by atomic mass is 10.00. The fourth-order valence-corrected chi connectivity index (χ4v) is 3.53. The van der Waals surface area contributed by atoms with Crippen LogP contribution in [0.5, 0.6) is 0 Å². The molecule has 196 valence electrons. The third kappa shape index (κ3) is 7.52. The number of para-hydroxylation sites is 1. The van der Waals surface area contributed by atoms with Gasteiger partial charge in [-0.15, -0.1) is 0 Å². The first-order valence-electron chi connectivity index (χ1n) is 11.2. The van der Waals surface area contributed by atoms with Crippen molar-refractivity contribution in [1.29, 1.82) is 0 Å². The van der Waals surface area contributed by atoms with Crippen LogP contribution in [0.15, 0.2) is 30.5 Å². The maximum absolute atomic E-state index is 13.3. The molecule has 0 saturated heterocycles. The zero-order valence-electron chi connectivity index (χ0n) is 19.9. The molecule has 0 bridgehead atoms. The first-order chi connectivity index (χ1) is 16.9. The van der Waals surface area contributed by atoms with Gasteiger partial charge in [-0.05, 0) is 17.5 Å². The van der Waals surface area contributed by atoms with Crippen molar-refractivity contribution >= 4 is 40.6 Å². The normalized spacial score (nSPS) is 14.5. The van der Waals surface area contributed by atoms with E-state index >= 15 is 0 Å². The van der Waals surface area contributed by atoms with E-state index in [2.05, 4.69) is 20.9 Å². The number of hydrogen-bond donors (Lipinski definition) is 8. The second-order valence-electron chi connectivity index (χ2n) is 8.64. The molecular formula is C23H31N5O8. The quantitative estimate of drug-likeness (QED) is 0.162. The molecule has 36 heavy (non-hydrogen) atoms. The van der Waals surface area contributed by atoms with Crippen molar-refractivity contribution in [2.45, 2.75) is 50.9 Å². The van der Waals surface area contributed by atoms with Crippen LogP contribution in [0.25, 0.3) is 10.9 Å². The number of aliphatic hydroxyl groups is 1. The number of carbonyl (C=O) groups excluding carboxylic acids is 3. The molecule has 0 aliphatic heterocycles. The Hall–Kier alpha value is -3.97. The molecule has 2 rings (SSSR count). The lowest BCUT2D eigenvalue weighted by Gasteiger charge is -2.26. The molecule has 0 fully saturated rings. The number of aromatic amines is 1. The Kier molecular flexibility index (Phi) is 9.93. The highest BCUT2D eigenvalue weighted by Crippen LogP contribution is 2.19. The molecule has 9 N–H and O–H groups in total. The summed E-state index contributed by atoms with van der Waals surface area (Å²) in [5.41, 5.74) is 7.12. The number of carboxylic acid groups (broad SMARTS) is 2. The first kappa shape index (κ1) is 28.3. The summed E-state index contributed by atoms with van der Waals surface area (Å²) in [4.78, 5) is 63.7. The predicted octanol–water partition coefficient (Wildman–Crippen LogP) is -1.30. The number of H-pyrrole nitrogens is 1. The van der Waals surface area contributed by atoms with Gasteiger partial charge in [0, 0.05) is 23.5 Å². The highest BCUT2D eigenvalue weighted by Gasteiger charge is 2.32. The molecule has 2 aromatic rings. The minimum atomic E-state index is -1.56. The van der Waals surface area contributed by atoms with Gasteiger partial charge in [-0.2, -0.15) is 0 Å². The predicted molar refractivity (Wildman–Crippen MR) is 128 cm³/mol. The summed E-state index contributed by atoms with van der Waals surface area (Å²) in [6, 6.07) is 1.86. The van der Waals surface area contributed by atoms with E-state index in [0.29, 0.717) is 5.56 Å². The second kappa shape index (κ2) is 12.7. The van der Waals surface area contributed by atoms with Crippen LogP contribution in [-0.4, -0.2) is 80.7 Å². The Labute approximate surface area is 206 Å². The Bertz CT molecular complexity index is 1110. The number of rotatable bonds is 13. The monoisotopic (exact) mass is 505 g/mol. The largest absolute Gasteiger partial charge is 0.481 e. The number of carbonyl (C=O) groups is 5. The number of amides is 3. The standard InChI is InChI=1S/C23H31N5O8/c1-11(2)19(22(34)27-17(10-29)23(35)36)28-21(33)16(26-20(32)14(24)8-18(30)31)7-12-9-25-15-6-4-3-5-13(12)15/h3-6,9,11,14,16-17,19,25,29H,7-8,10,24H2,1-2H3,(H,26,32)(H,27,34)(H,28,33)(H,30,31)(H,35,36). The number of benzene rings is 1. The van der Waals surface area contributed by atoms with Gasteiger partial charge in [-0.3, -0.25) is 19.2 Å². The number of aliphatic hydroxyl groups excluding tert-OH is 1. The van der Waals surface area contributed by atoms with Crippen LogP contribution in [0.3, 0.4) is 0 Å². The summed E-state index contributed by atoms with van der Waals surface area (Å²) in [6.07, 6.45) is 1.00. The van der Waals surface area contributed by atoms with Crippen LogP contribution in [0.2, 0.25) is 0 Å². The molecule has 0 aliphatic rings. The Morgan fingerprint density at radius 2 is 1.58 bits per heavy atom. The molecule has 4 atom stereocenters. The summed E-state index contributed by atoms with van der Waals surface area (Å²) in [5, 5.41) is 35.1. The van der Waals surface area contributed by atoms with E-state index in [1.807, 2.05) is 18.2 Å². The lowest BCUT2D eigenvalue weighted by molar-refractivity contribution is -0.143. The van der Waals surface area contributed by atoms with E-state index in [0.717, 1.165) is 10.9 Å². The third-order valence-electron chi connectivity index (χ3n) is 5.51. The summed E-state index contributed by atoms with van der Waals surface area (Å²) < 4.78 is 0. The van der Waals surface area contributed by atoms with Crippen molar-refractivity contribution in [2.75, 3.05) is 6.61 Å². The maximum atomic E-state index is 13.3. The van der Waals surface area contributed by atoms with Crippen LogP contribution < -0.4 is 21.7 Å². The van der Waals surface area contributed by atoms with E-state index < -0.39 is 72.8 Å². The zero-order valence-corrected chi connectivity index (χ0v) is 19.9. The molecule has 1 heterocycles. The number of aromatic nitrogens is 1. The molecule has 3 amide bonds. The smallest absolute Gasteiger partial charge is 0.328 e. The third-order valence-corrected chi connectivity index (χ3v) is 5.51. The van der Waals surface area contributed by atoms with E-state index in [1.165, 1.54) is 0 Å². The fourth-order valence-electron chi connectivity index (χ4n) is 3.53. The van der Waals surface area contributed by atoms with E-state index in [-0.39, 0.29) is 6.42 Å². The fraction of sp³-hybridized carbons (Fsp3) is 0.435. The Morgan fingerprint density at radius 1 is 0.944 bits per heavy atom. The van der Waals surface area contributed by atoms with Gasteiger partial charge < -0.3 is 42.0 Å². The number of nitrogens with one attached hydrogen (secondary N) is 4. The molecule has 13 nitrogen and oxygen atoms in total. The van der Waals surface area contributed by atoms with Gasteiger partial charge >= 0.3 is 11.9 Å². The molecule has 0 saturated carbocycles. The molecule has 0 spiro atoms. The maximum Gasteiger partial charge on any atom is 0.328 e.